The monoisotopic (exact) mass is 305 g/mol. The fourth-order valence-electron chi connectivity index (χ4n) is 2.33. The van der Waals surface area contributed by atoms with E-state index >= 15 is 0 Å². The van der Waals surface area contributed by atoms with Crippen LogP contribution < -0.4 is 0 Å². The Balaban J connectivity index is 1.77. The quantitative estimate of drug-likeness (QED) is 0.574. The van der Waals surface area contributed by atoms with Crippen LogP contribution in [0.5, 0.6) is 0 Å². The summed E-state index contributed by atoms with van der Waals surface area (Å²) < 4.78 is 10.3. The molecule has 1 saturated carbocycles. The van der Waals surface area contributed by atoms with Crippen LogP contribution in [0.3, 0.4) is 0 Å². The predicted molar refractivity (Wildman–Crippen MR) is 83.2 cm³/mol. The fraction of sp³-hybridized carbons (Fsp3) is 0.529. The van der Waals surface area contributed by atoms with E-state index in [9.17, 15) is 9.59 Å². The van der Waals surface area contributed by atoms with E-state index in [0.29, 0.717) is 37.0 Å². The van der Waals surface area contributed by atoms with E-state index in [0.717, 1.165) is 5.76 Å². The number of esters is 1. The van der Waals surface area contributed by atoms with Crippen molar-refractivity contribution in [2.45, 2.75) is 32.1 Å². The molecule has 1 heterocycles. The van der Waals surface area contributed by atoms with Gasteiger partial charge in [-0.05, 0) is 37.0 Å². The van der Waals surface area contributed by atoms with Crippen molar-refractivity contribution in [1.29, 1.82) is 0 Å². The molecule has 0 aromatic carbocycles. The van der Waals surface area contributed by atoms with Crippen molar-refractivity contribution in [2.24, 2.45) is 5.92 Å². The maximum Gasteiger partial charge on any atom is 0.305 e. The Morgan fingerprint density at radius 2 is 2.18 bits per heavy atom. The zero-order valence-electron chi connectivity index (χ0n) is 13.4. The van der Waals surface area contributed by atoms with E-state index in [1.807, 2.05) is 12.1 Å². The number of rotatable bonds is 7. The smallest absolute Gasteiger partial charge is 0.305 e. The second-order valence-electron chi connectivity index (χ2n) is 5.83. The topological polar surface area (TPSA) is 59.8 Å². The number of hydrogen-bond acceptors (Lipinski definition) is 4. The van der Waals surface area contributed by atoms with Gasteiger partial charge in [-0.3, -0.25) is 9.59 Å². The van der Waals surface area contributed by atoms with Crippen molar-refractivity contribution >= 4 is 18.0 Å². The highest BCUT2D eigenvalue weighted by Gasteiger charge is 2.36. The molecule has 0 saturated heterocycles. The minimum Gasteiger partial charge on any atom is -0.469 e. The molecule has 1 aliphatic rings. The van der Waals surface area contributed by atoms with Crippen LogP contribution in [-0.4, -0.2) is 37.5 Å². The lowest BCUT2D eigenvalue weighted by atomic mass is 10.3. The number of carbonyl (C=O) groups is 2. The molecule has 120 valence electrons. The van der Waals surface area contributed by atoms with E-state index in [1.54, 1.807) is 18.0 Å². The molecule has 0 radical (unpaired) electrons. The van der Waals surface area contributed by atoms with E-state index in [-0.39, 0.29) is 11.9 Å². The van der Waals surface area contributed by atoms with Gasteiger partial charge in [-0.2, -0.15) is 0 Å². The standard InChI is InChI=1S/C17H23NO4/c1-12-11-14(12)15-8-6-13(22-15)7-9-16(19)18(2)10-4-5-17(20)21-3/h6-9,12,14H,4-5,10-11H2,1-3H3/b9-7-/t12-,14-/m1/s1. The number of ether oxygens (including phenoxy) is 1. The second-order valence-corrected chi connectivity index (χ2v) is 5.83. The first kappa shape index (κ1) is 16.3. The third kappa shape index (κ3) is 4.48. The maximum absolute atomic E-state index is 11.9. The average molecular weight is 305 g/mol. The van der Waals surface area contributed by atoms with Gasteiger partial charge in [-0.1, -0.05) is 6.92 Å². The summed E-state index contributed by atoms with van der Waals surface area (Å²) in [5.74, 6) is 2.58. The van der Waals surface area contributed by atoms with Crippen LogP contribution in [0, 0.1) is 5.92 Å². The molecule has 1 aromatic heterocycles. The van der Waals surface area contributed by atoms with Gasteiger partial charge in [-0.15, -0.1) is 0 Å². The Kier molecular flexibility index (Phi) is 5.41. The van der Waals surface area contributed by atoms with Gasteiger partial charge in [0.2, 0.25) is 5.91 Å². The molecule has 0 spiro atoms. The number of methoxy groups -OCH3 is 1. The summed E-state index contributed by atoms with van der Waals surface area (Å²) in [5.41, 5.74) is 0. The highest BCUT2D eigenvalue weighted by atomic mass is 16.5. The predicted octanol–water partition coefficient (Wildman–Crippen LogP) is 2.83. The molecule has 5 nitrogen and oxygen atoms in total. The van der Waals surface area contributed by atoms with E-state index in [1.165, 1.54) is 19.6 Å². The Hall–Kier alpha value is -2.04. The van der Waals surface area contributed by atoms with Crippen LogP contribution in [0.4, 0.5) is 0 Å². The summed E-state index contributed by atoms with van der Waals surface area (Å²) in [7, 11) is 3.07. The Bertz CT molecular complexity index is 561. The molecule has 0 N–H and O–H groups in total. The summed E-state index contributed by atoms with van der Waals surface area (Å²) in [6.07, 6.45) is 5.28. The number of likely N-dealkylation sites (N-methyl/N-ethyl adjacent to an activating group) is 1. The number of furan rings is 1. The molecule has 0 aliphatic heterocycles. The van der Waals surface area contributed by atoms with Gasteiger partial charge < -0.3 is 14.1 Å². The molecule has 5 heteroatoms. The van der Waals surface area contributed by atoms with Crippen LogP contribution in [0.2, 0.25) is 0 Å². The minimum atomic E-state index is -0.256. The molecule has 1 aromatic rings. The molecule has 1 amide bonds. The third-order valence-corrected chi connectivity index (χ3v) is 3.99. The first-order valence-electron chi connectivity index (χ1n) is 7.61. The normalized spacial score (nSPS) is 20.1. The van der Waals surface area contributed by atoms with E-state index < -0.39 is 0 Å². The van der Waals surface area contributed by atoms with Crippen molar-refractivity contribution in [3.8, 4) is 0 Å². The largest absolute Gasteiger partial charge is 0.469 e. The number of nitrogens with zero attached hydrogens (tertiary/aromatic N) is 1. The number of hydrogen-bond donors (Lipinski definition) is 0. The van der Waals surface area contributed by atoms with Crippen LogP contribution in [0.1, 0.15) is 43.6 Å². The number of amides is 1. The van der Waals surface area contributed by atoms with Crippen molar-refractivity contribution in [2.75, 3.05) is 20.7 Å². The highest BCUT2D eigenvalue weighted by molar-refractivity contribution is 5.91. The fourth-order valence-corrected chi connectivity index (χ4v) is 2.33. The second kappa shape index (κ2) is 7.29. The lowest BCUT2D eigenvalue weighted by Crippen LogP contribution is -2.26. The molecular weight excluding hydrogens is 282 g/mol. The lowest BCUT2D eigenvalue weighted by molar-refractivity contribution is -0.141. The van der Waals surface area contributed by atoms with Crippen LogP contribution in [-0.2, 0) is 14.3 Å². The number of carbonyl (C=O) groups excluding carboxylic acids is 2. The summed E-state index contributed by atoms with van der Waals surface area (Å²) >= 11 is 0. The molecule has 1 fully saturated rings. The van der Waals surface area contributed by atoms with Gasteiger partial charge in [0.1, 0.15) is 11.5 Å². The zero-order valence-corrected chi connectivity index (χ0v) is 13.4. The highest BCUT2D eigenvalue weighted by Crippen LogP contribution is 2.47. The van der Waals surface area contributed by atoms with Crippen molar-refractivity contribution < 1.29 is 18.7 Å². The molecule has 2 rings (SSSR count). The molecule has 22 heavy (non-hydrogen) atoms. The summed E-state index contributed by atoms with van der Waals surface area (Å²) in [4.78, 5) is 24.5. The summed E-state index contributed by atoms with van der Waals surface area (Å²) in [5, 5.41) is 0. The maximum atomic E-state index is 11.9. The zero-order chi connectivity index (χ0) is 16.1. The SMILES string of the molecule is COC(=O)CCCN(C)C(=O)/C=C\c1ccc([C@@H]2C[C@H]2C)o1. The molecular formula is C17H23NO4. The van der Waals surface area contributed by atoms with Crippen molar-refractivity contribution in [3.63, 3.8) is 0 Å². The molecule has 0 unspecified atom stereocenters. The van der Waals surface area contributed by atoms with Gasteiger partial charge in [0.15, 0.2) is 0 Å². The summed E-state index contributed by atoms with van der Waals surface area (Å²) in [6, 6.07) is 3.87. The van der Waals surface area contributed by atoms with Crippen LogP contribution >= 0.6 is 0 Å². The van der Waals surface area contributed by atoms with E-state index in [2.05, 4.69) is 11.7 Å². The Morgan fingerprint density at radius 1 is 1.45 bits per heavy atom. The summed E-state index contributed by atoms with van der Waals surface area (Å²) in [6.45, 7) is 2.72. The first-order valence-corrected chi connectivity index (χ1v) is 7.61. The van der Waals surface area contributed by atoms with Crippen molar-refractivity contribution in [1.82, 2.24) is 4.90 Å². The lowest BCUT2D eigenvalue weighted by Gasteiger charge is -2.14. The Labute approximate surface area is 130 Å². The van der Waals surface area contributed by atoms with Gasteiger partial charge in [0.05, 0.1) is 7.11 Å². The van der Waals surface area contributed by atoms with Crippen molar-refractivity contribution in [3.05, 3.63) is 29.7 Å². The molecule has 1 aliphatic carbocycles. The molecule has 0 bridgehead atoms. The third-order valence-electron chi connectivity index (χ3n) is 3.99. The van der Waals surface area contributed by atoms with E-state index in [4.69, 9.17) is 4.42 Å². The average Bonchev–Trinajstić information content (AvgIpc) is 3.05. The van der Waals surface area contributed by atoms with Gasteiger partial charge in [0, 0.05) is 32.0 Å². The van der Waals surface area contributed by atoms with Crippen LogP contribution in [0.15, 0.2) is 22.6 Å². The first-order chi connectivity index (χ1) is 10.5. The van der Waals surface area contributed by atoms with Crippen LogP contribution in [0.25, 0.3) is 6.08 Å². The Morgan fingerprint density at radius 3 is 2.82 bits per heavy atom. The minimum absolute atomic E-state index is 0.109. The van der Waals surface area contributed by atoms with Gasteiger partial charge in [0.25, 0.3) is 0 Å². The van der Waals surface area contributed by atoms with Gasteiger partial charge in [-0.25, -0.2) is 0 Å². The van der Waals surface area contributed by atoms with Gasteiger partial charge >= 0.3 is 5.97 Å². The molecule has 2 atom stereocenters.